The highest BCUT2D eigenvalue weighted by atomic mass is 16.2. The molecule has 4 nitrogen and oxygen atoms in total. The van der Waals surface area contributed by atoms with E-state index in [9.17, 15) is 4.79 Å². The lowest BCUT2D eigenvalue weighted by atomic mass is 10.1. The van der Waals surface area contributed by atoms with Crippen molar-refractivity contribution < 1.29 is 4.79 Å². The van der Waals surface area contributed by atoms with Gasteiger partial charge < -0.3 is 5.32 Å². The largest absolute Gasteiger partial charge is 0.326 e. The van der Waals surface area contributed by atoms with Gasteiger partial charge in [-0.25, -0.2) is 4.99 Å². The third-order valence-corrected chi connectivity index (χ3v) is 3.11. The first-order chi connectivity index (χ1) is 10.2. The molecule has 0 radical (unpaired) electrons. The minimum Gasteiger partial charge on any atom is -0.326 e. The van der Waals surface area contributed by atoms with Gasteiger partial charge in [0.05, 0.1) is 0 Å². The van der Waals surface area contributed by atoms with Gasteiger partial charge in [0.25, 0.3) is 5.91 Å². The van der Waals surface area contributed by atoms with Crippen LogP contribution in [0.2, 0.25) is 0 Å². The van der Waals surface area contributed by atoms with Crippen LogP contribution < -0.4 is 10.6 Å². The van der Waals surface area contributed by atoms with Crippen LogP contribution in [0.4, 0.5) is 5.69 Å². The van der Waals surface area contributed by atoms with Crippen molar-refractivity contribution in [1.82, 2.24) is 5.32 Å². The number of carbonyl (C=O) groups excluding carboxylic acids is 1. The molecule has 0 spiro atoms. The van der Waals surface area contributed by atoms with E-state index in [4.69, 9.17) is 0 Å². The second-order valence-electron chi connectivity index (χ2n) is 4.85. The van der Waals surface area contributed by atoms with E-state index < -0.39 is 0 Å². The number of amides is 1. The fraction of sp³-hybridized carbons (Fsp3) is 0.0588. The number of nitrogens with one attached hydrogen (secondary N) is 2. The number of hydrogen-bond donors (Lipinski definition) is 2. The van der Waals surface area contributed by atoms with Crippen LogP contribution in [0.25, 0.3) is 6.08 Å². The van der Waals surface area contributed by atoms with Crippen LogP contribution in [0, 0.1) is 6.92 Å². The first-order valence-corrected chi connectivity index (χ1v) is 6.71. The minimum atomic E-state index is -0.200. The molecule has 2 N–H and O–H groups in total. The molecule has 3 rings (SSSR count). The van der Waals surface area contributed by atoms with E-state index in [0.717, 1.165) is 11.3 Å². The summed E-state index contributed by atoms with van der Waals surface area (Å²) in [5.41, 5.74) is 3.42. The zero-order valence-electron chi connectivity index (χ0n) is 11.6. The van der Waals surface area contributed by atoms with Gasteiger partial charge in [0.15, 0.2) is 0 Å². The van der Waals surface area contributed by atoms with Crippen molar-refractivity contribution in [3.8, 4) is 0 Å². The SMILES string of the molecule is Cc1ccc(/C=C2/N=C(Nc3ccccc3)NC2=O)cc1. The zero-order valence-corrected chi connectivity index (χ0v) is 11.6. The summed E-state index contributed by atoms with van der Waals surface area (Å²) < 4.78 is 0. The third kappa shape index (κ3) is 3.17. The van der Waals surface area contributed by atoms with E-state index in [2.05, 4.69) is 15.6 Å². The molecule has 0 bridgehead atoms. The van der Waals surface area contributed by atoms with Crippen LogP contribution in [0.5, 0.6) is 0 Å². The number of para-hydroxylation sites is 1. The highest BCUT2D eigenvalue weighted by Gasteiger charge is 2.19. The molecule has 0 aromatic heterocycles. The normalized spacial score (nSPS) is 15.8. The predicted molar refractivity (Wildman–Crippen MR) is 84.8 cm³/mol. The van der Waals surface area contributed by atoms with Gasteiger partial charge in [-0.2, -0.15) is 0 Å². The molecule has 0 fully saturated rings. The number of rotatable bonds is 2. The summed E-state index contributed by atoms with van der Waals surface area (Å²) in [7, 11) is 0. The lowest BCUT2D eigenvalue weighted by molar-refractivity contribution is -0.115. The van der Waals surface area contributed by atoms with Gasteiger partial charge in [-0.15, -0.1) is 0 Å². The molecular weight excluding hydrogens is 262 g/mol. The molecule has 0 saturated heterocycles. The summed E-state index contributed by atoms with van der Waals surface area (Å²) in [5.74, 6) is 0.249. The Balaban J connectivity index is 1.80. The lowest BCUT2D eigenvalue weighted by Gasteiger charge is -2.03. The maximum atomic E-state index is 11.9. The molecule has 104 valence electrons. The second-order valence-corrected chi connectivity index (χ2v) is 4.85. The average Bonchev–Trinajstić information content (AvgIpc) is 2.82. The summed E-state index contributed by atoms with van der Waals surface area (Å²) >= 11 is 0. The standard InChI is InChI=1S/C17H15N3O/c1-12-7-9-13(10-8-12)11-15-16(21)20-17(19-15)18-14-5-3-2-4-6-14/h2-11H,1H3,(H2,18,19,20,21)/b15-11+. The van der Waals surface area contributed by atoms with Gasteiger partial charge in [-0.1, -0.05) is 48.0 Å². The van der Waals surface area contributed by atoms with Crippen molar-refractivity contribution in [2.24, 2.45) is 4.99 Å². The fourth-order valence-corrected chi connectivity index (χ4v) is 2.01. The molecule has 2 aromatic carbocycles. The van der Waals surface area contributed by atoms with E-state index >= 15 is 0 Å². The van der Waals surface area contributed by atoms with Crippen molar-refractivity contribution in [3.05, 3.63) is 71.4 Å². The molecular formula is C17H15N3O. The number of nitrogens with zero attached hydrogens (tertiary/aromatic N) is 1. The van der Waals surface area contributed by atoms with Crippen molar-refractivity contribution in [2.75, 3.05) is 5.32 Å². The summed E-state index contributed by atoms with van der Waals surface area (Å²) in [6, 6.07) is 17.5. The number of aryl methyl sites for hydroxylation is 1. The molecule has 1 aliphatic heterocycles. The van der Waals surface area contributed by atoms with E-state index in [1.54, 1.807) is 6.08 Å². The van der Waals surface area contributed by atoms with E-state index in [0.29, 0.717) is 11.7 Å². The molecule has 4 heteroatoms. The molecule has 21 heavy (non-hydrogen) atoms. The smallest absolute Gasteiger partial charge is 0.276 e. The van der Waals surface area contributed by atoms with E-state index in [1.165, 1.54) is 5.56 Å². The van der Waals surface area contributed by atoms with Gasteiger partial charge in [0, 0.05) is 5.69 Å². The second kappa shape index (κ2) is 5.63. The Hall–Kier alpha value is -2.88. The molecule has 0 saturated carbocycles. The van der Waals surface area contributed by atoms with Crippen LogP contribution in [0.1, 0.15) is 11.1 Å². The van der Waals surface area contributed by atoms with Crippen LogP contribution in [-0.2, 0) is 4.79 Å². The molecule has 0 aliphatic carbocycles. The maximum Gasteiger partial charge on any atom is 0.276 e. The monoisotopic (exact) mass is 277 g/mol. The summed E-state index contributed by atoms with van der Waals surface area (Å²) in [6.07, 6.45) is 1.77. The Bertz CT molecular complexity index is 715. The predicted octanol–water partition coefficient (Wildman–Crippen LogP) is 2.93. The highest BCUT2D eigenvalue weighted by molar-refractivity contribution is 6.17. The van der Waals surface area contributed by atoms with E-state index in [1.807, 2.05) is 61.5 Å². The zero-order chi connectivity index (χ0) is 14.7. The molecule has 0 atom stereocenters. The van der Waals surface area contributed by atoms with Crippen LogP contribution in [0.3, 0.4) is 0 Å². The van der Waals surface area contributed by atoms with Crippen LogP contribution in [0.15, 0.2) is 65.3 Å². The number of benzene rings is 2. The van der Waals surface area contributed by atoms with Crippen molar-refractivity contribution in [3.63, 3.8) is 0 Å². The number of hydrogen-bond acceptors (Lipinski definition) is 3. The molecule has 0 unspecified atom stereocenters. The lowest BCUT2D eigenvalue weighted by Crippen LogP contribution is -2.29. The minimum absolute atomic E-state index is 0.200. The van der Waals surface area contributed by atoms with E-state index in [-0.39, 0.29) is 5.91 Å². The van der Waals surface area contributed by atoms with Gasteiger partial charge in [-0.3, -0.25) is 10.1 Å². The Morgan fingerprint density at radius 3 is 2.48 bits per heavy atom. The molecule has 2 aromatic rings. The third-order valence-electron chi connectivity index (χ3n) is 3.11. The van der Waals surface area contributed by atoms with Crippen LogP contribution in [-0.4, -0.2) is 11.9 Å². The Kier molecular flexibility index (Phi) is 3.51. The summed E-state index contributed by atoms with van der Waals surface area (Å²) in [5, 5.41) is 5.79. The first-order valence-electron chi connectivity index (χ1n) is 6.71. The Labute approximate surface area is 123 Å². The number of carbonyl (C=O) groups is 1. The van der Waals surface area contributed by atoms with Gasteiger partial charge in [0.2, 0.25) is 5.96 Å². The Morgan fingerprint density at radius 1 is 1.05 bits per heavy atom. The fourth-order valence-electron chi connectivity index (χ4n) is 2.01. The number of guanidine groups is 1. The van der Waals surface area contributed by atoms with Gasteiger partial charge >= 0.3 is 0 Å². The number of anilines is 1. The maximum absolute atomic E-state index is 11.9. The highest BCUT2D eigenvalue weighted by Crippen LogP contribution is 2.14. The summed E-state index contributed by atoms with van der Waals surface area (Å²) in [4.78, 5) is 16.2. The van der Waals surface area contributed by atoms with Gasteiger partial charge in [0.1, 0.15) is 5.70 Å². The molecule has 1 amide bonds. The molecule has 1 aliphatic rings. The summed E-state index contributed by atoms with van der Waals surface area (Å²) in [6.45, 7) is 2.03. The quantitative estimate of drug-likeness (QED) is 0.829. The van der Waals surface area contributed by atoms with Crippen LogP contribution >= 0.6 is 0 Å². The topological polar surface area (TPSA) is 53.5 Å². The average molecular weight is 277 g/mol. The van der Waals surface area contributed by atoms with Crippen molar-refractivity contribution in [1.29, 1.82) is 0 Å². The first kappa shape index (κ1) is 13.1. The Morgan fingerprint density at radius 2 is 1.76 bits per heavy atom. The number of aliphatic imine (C=N–C) groups is 1. The van der Waals surface area contributed by atoms with Crippen molar-refractivity contribution in [2.45, 2.75) is 6.92 Å². The van der Waals surface area contributed by atoms with Crippen molar-refractivity contribution >= 4 is 23.6 Å². The van der Waals surface area contributed by atoms with Gasteiger partial charge in [-0.05, 0) is 30.7 Å². The molecule has 1 heterocycles.